The molecule has 1 saturated heterocycles. The summed E-state index contributed by atoms with van der Waals surface area (Å²) in [5, 5.41) is 1.62. The Balaban J connectivity index is 1.73. The van der Waals surface area contributed by atoms with Crippen molar-refractivity contribution in [2.24, 2.45) is 0 Å². The molecule has 5 rings (SSSR count). The van der Waals surface area contributed by atoms with Gasteiger partial charge in [-0.2, -0.15) is 0 Å². The third-order valence-corrected chi connectivity index (χ3v) is 6.25. The molecular weight excluding hydrogens is 325 g/mol. The Hall–Kier alpha value is -2.53. The monoisotopic (exact) mass is 345 g/mol. The number of aromatic nitrogens is 1. The minimum Gasteiger partial charge on any atom is -0.440 e. The first kappa shape index (κ1) is 15.7. The Morgan fingerprint density at radius 2 is 1.77 bits per heavy atom. The average Bonchev–Trinajstić information content (AvgIpc) is 2.97. The predicted molar refractivity (Wildman–Crippen MR) is 106 cm³/mol. The van der Waals surface area contributed by atoms with Gasteiger partial charge in [0.2, 0.25) is 5.71 Å². The van der Waals surface area contributed by atoms with Gasteiger partial charge in [0.05, 0.1) is 10.9 Å². The maximum atomic E-state index is 12.9. The van der Waals surface area contributed by atoms with Crippen LogP contribution in [0.15, 0.2) is 57.7 Å². The maximum Gasteiger partial charge on any atom is 0.335 e. The summed E-state index contributed by atoms with van der Waals surface area (Å²) in [6, 6.07) is 15.5. The number of para-hydroxylation sites is 1. The largest absolute Gasteiger partial charge is 0.440 e. The van der Waals surface area contributed by atoms with Gasteiger partial charge in [-0.3, -0.25) is 4.79 Å². The highest BCUT2D eigenvalue weighted by molar-refractivity contribution is 6.73. The van der Waals surface area contributed by atoms with Crippen molar-refractivity contribution in [3.8, 4) is 0 Å². The molecule has 130 valence electrons. The number of rotatable bonds is 1. The normalized spacial score (nSPS) is 18.5. The van der Waals surface area contributed by atoms with Gasteiger partial charge in [-0.1, -0.05) is 38.1 Å². The van der Waals surface area contributed by atoms with Gasteiger partial charge in [-0.15, -0.1) is 0 Å². The zero-order valence-electron chi connectivity index (χ0n) is 15.4. The van der Waals surface area contributed by atoms with Gasteiger partial charge in [-0.25, -0.2) is 4.40 Å². The van der Waals surface area contributed by atoms with Gasteiger partial charge >= 0.3 is 6.92 Å². The molecule has 0 spiro atoms. The van der Waals surface area contributed by atoms with E-state index in [4.69, 9.17) is 9.07 Å². The van der Waals surface area contributed by atoms with Crippen LogP contribution >= 0.6 is 0 Å². The van der Waals surface area contributed by atoms with Crippen LogP contribution < -0.4 is 11.0 Å². The number of hydrogen-bond acceptors (Lipinski definition) is 3. The summed E-state index contributed by atoms with van der Waals surface area (Å²) in [4.78, 5) is 12.9. The van der Waals surface area contributed by atoms with Crippen LogP contribution in [0.1, 0.15) is 27.7 Å². The molecule has 5 heteroatoms. The molecule has 0 radical (unpaired) electrons. The molecule has 1 aliphatic rings. The fraction of sp³-hybridized carbons (Fsp3) is 0.286. The third-order valence-electron chi connectivity index (χ3n) is 6.25. The van der Waals surface area contributed by atoms with E-state index in [9.17, 15) is 4.79 Å². The predicted octanol–water partition coefficient (Wildman–Crippen LogP) is 3.99. The Morgan fingerprint density at radius 3 is 2.50 bits per heavy atom. The summed E-state index contributed by atoms with van der Waals surface area (Å²) in [6.45, 7) is 8.78. The van der Waals surface area contributed by atoms with E-state index in [0.29, 0.717) is 16.7 Å². The lowest BCUT2D eigenvalue weighted by Gasteiger charge is -2.57. The SMILES string of the molecule is CC1(C)OB(c2ccc3c(c2)cc2oc4ccccc4c(=O)n23)C1(C)C. The van der Waals surface area contributed by atoms with Crippen molar-refractivity contribution in [1.29, 1.82) is 0 Å². The van der Waals surface area contributed by atoms with Gasteiger partial charge in [0, 0.05) is 22.4 Å². The van der Waals surface area contributed by atoms with E-state index >= 15 is 0 Å². The van der Waals surface area contributed by atoms with Crippen molar-refractivity contribution in [2.75, 3.05) is 0 Å². The molecule has 2 aromatic heterocycles. The minimum absolute atomic E-state index is 0.0442. The Labute approximate surface area is 151 Å². The first-order valence-corrected chi connectivity index (χ1v) is 8.94. The van der Waals surface area contributed by atoms with E-state index in [1.165, 1.54) is 0 Å². The van der Waals surface area contributed by atoms with E-state index in [1.807, 2.05) is 30.3 Å². The summed E-state index contributed by atoms with van der Waals surface area (Å²) >= 11 is 0. The molecule has 4 nitrogen and oxygen atoms in total. The fourth-order valence-corrected chi connectivity index (χ4v) is 3.96. The summed E-state index contributed by atoms with van der Waals surface area (Å²) in [7, 11) is 0. The van der Waals surface area contributed by atoms with Crippen LogP contribution in [0.5, 0.6) is 0 Å². The van der Waals surface area contributed by atoms with Gasteiger partial charge < -0.3 is 9.07 Å². The maximum absolute atomic E-state index is 12.9. The third kappa shape index (κ3) is 1.87. The fourth-order valence-electron chi connectivity index (χ4n) is 3.96. The van der Waals surface area contributed by atoms with Crippen molar-refractivity contribution >= 4 is 40.0 Å². The van der Waals surface area contributed by atoms with Crippen LogP contribution in [0.2, 0.25) is 5.31 Å². The Bertz CT molecular complexity index is 1250. The Morgan fingerprint density at radius 1 is 1.00 bits per heavy atom. The zero-order valence-corrected chi connectivity index (χ0v) is 15.4. The standard InChI is InChI=1S/C21H20BNO3/c1-20(2)21(3,4)26-22(20)14-9-10-16-13(11-14)12-18-23(16)19(24)15-7-5-6-8-17(15)25-18/h5-12H,1-4H3. The van der Waals surface area contributed by atoms with Crippen LogP contribution in [-0.4, -0.2) is 16.9 Å². The smallest absolute Gasteiger partial charge is 0.335 e. The van der Waals surface area contributed by atoms with Gasteiger partial charge in [0.1, 0.15) is 5.58 Å². The van der Waals surface area contributed by atoms with E-state index in [-0.39, 0.29) is 23.4 Å². The second-order valence-corrected chi connectivity index (χ2v) is 8.27. The molecule has 0 N–H and O–H groups in total. The molecule has 0 bridgehead atoms. The van der Waals surface area contributed by atoms with Crippen molar-refractivity contribution < 1.29 is 9.07 Å². The van der Waals surface area contributed by atoms with Crippen LogP contribution in [0, 0.1) is 0 Å². The molecule has 1 aliphatic heterocycles. The quantitative estimate of drug-likeness (QED) is 0.490. The van der Waals surface area contributed by atoms with Crippen LogP contribution in [0.4, 0.5) is 0 Å². The molecule has 4 aromatic rings. The molecule has 3 heterocycles. The van der Waals surface area contributed by atoms with Crippen LogP contribution in [-0.2, 0) is 4.65 Å². The first-order valence-electron chi connectivity index (χ1n) is 8.94. The summed E-state index contributed by atoms with van der Waals surface area (Å²) in [5.74, 6) is 0. The Kier molecular flexibility index (Phi) is 2.90. The van der Waals surface area contributed by atoms with E-state index in [0.717, 1.165) is 16.4 Å². The van der Waals surface area contributed by atoms with E-state index in [2.05, 4.69) is 39.8 Å². The highest BCUT2D eigenvalue weighted by Gasteiger charge is 2.59. The number of hydrogen-bond donors (Lipinski definition) is 0. The summed E-state index contributed by atoms with van der Waals surface area (Å²) in [6.07, 6.45) is 0. The molecule has 2 aromatic carbocycles. The average molecular weight is 345 g/mol. The lowest BCUT2D eigenvalue weighted by molar-refractivity contribution is -0.00938. The molecule has 0 saturated carbocycles. The highest BCUT2D eigenvalue weighted by atomic mass is 16.5. The first-order chi connectivity index (χ1) is 12.3. The second-order valence-electron chi connectivity index (χ2n) is 8.27. The number of benzene rings is 2. The lowest BCUT2D eigenvalue weighted by atomic mass is 9.33. The molecule has 26 heavy (non-hydrogen) atoms. The van der Waals surface area contributed by atoms with Crippen LogP contribution in [0.25, 0.3) is 27.6 Å². The van der Waals surface area contributed by atoms with Gasteiger partial charge in [0.15, 0.2) is 0 Å². The molecule has 0 atom stereocenters. The lowest BCUT2D eigenvalue weighted by Crippen LogP contribution is -2.66. The van der Waals surface area contributed by atoms with Crippen molar-refractivity contribution in [2.45, 2.75) is 38.6 Å². The van der Waals surface area contributed by atoms with Crippen molar-refractivity contribution in [3.63, 3.8) is 0 Å². The van der Waals surface area contributed by atoms with Gasteiger partial charge in [0.25, 0.3) is 5.56 Å². The molecule has 0 aliphatic carbocycles. The van der Waals surface area contributed by atoms with Crippen molar-refractivity contribution in [3.05, 3.63) is 58.9 Å². The highest BCUT2D eigenvalue weighted by Crippen LogP contribution is 2.53. The molecule has 0 amide bonds. The van der Waals surface area contributed by atoms with E-state index < -0.39 is 0 Å². The molecule has 1 fully saturated rings. The number of fused-ring (bicyclic) bond motifs is 4. The zero-order chi connectivity index (χ0) is 18.3. The molecular formula is C21H20BNO3. The summed E-state index contributed by atoms with van der Waals surface area (Å²) < 4.78 is 13.8. The minimum atomic E-state index is -0.145. The summed E-state index contributed by atoms with van der Waals surface area (Å²) in [5.41, 5.74) is 2.97. The topological polar surface area (TPSA) is 43.8 Å². The second kappa shape index (κ2) is 4.80. The molecule has 0 unspecified atom stereocenters. The van der Waals surface area contributed by atoms with Gasteiger partial charge in [-0.05, 0) is 37.5 Å². The number of nitrogens with zero attached hydrogens (tertiary/aromatic N) is 1. The van der Waals surface area contributed by atoms with Crippen molar-refractivity contribution in [1.82, 2.24) is 4.40 Å². The van der Waals surface area contributed by atoms with E-state index in [1.54, 1.807) is 10.5 Å². The van der Waals surface area contributed by atoms with Crippen LogP contribution in [0.3, 0.4) is 0 Å².